The van der Waals surface area contributed by atoms with E-state index in [2.05, 4.69) is 10.3 Å². The van der Waals surface area contributed by atoms with Crippen molar-refractivity contribution in [2.75, 3.05) is 13.7 Å². The molecule has 1 aromatic heterocycles. The summed E-state index contributed by atoms with van der Waals surface area (Å²) in [6, 6.07) is 0. The number of carboxylic acid groups (broad SMARTS) is 1. The van der Waals surface area contributed by atoms with Gasteiger partial charge in [-0.15, -0.1) is 5.10 Å². The van der Waals surface area contributed by atoms with Crippen molar-refractivity contribution in [2.45, 2.75) is 33.4 Å². The average molecular weight is 257 g/mol. The molecule has 1 unspecified atom stereocenters. The van der Waals surface area contributed by atoms with E-state index in [1.165, 1.54) is 11.8 Å². The SMILES string of the molecule is COC(C)c1c(C(=O)O)nnn1CC(C)(C)CO. The van der Waals surface area contributed by atoms with Crippen molar-refractivity contribution >= 4 is 5.97 Å². The number of carboxylic acids is 1. The molecule has 0 amide bonds. The molecule has 1 atom stereocenters. The molecule has 2 N–H and O–H groups in total. The number of aromatic carboxylic acids is 1. The molecule has 7 nitrogen and oxygen atoms in total. The van der Waals surface area contributed by atoms with Crippen molar-refractivity contribution in [3.05, 3.63) is 11.4 Å². The standard InChI is InChI=1S/C11H19N3O4/c1-7(18-4)9-8(10(16)17)12-13-14(9)5-11(2,3)6-15/h7,15H,5-6H2,1-4H3,(H,16,17). The molecule has 0 saturated carbocycles. The first-order valence-corrected chi connectivity index (χ1v) is 5.62. The molecule has 0 fully saturated rings. The Morgan fingerprint density at radius 1 is 1.56 bits per heavy atom. The van der Waals surface area contributed by atoms with Crippen LogP contribution < -0.4 is 0 Å². The van der Waals surface area contributed by atoms with E-state index in [1.54, 1.807) is 6.92 Å². The van der Waals surface area contributed by atoms with E-state index in [0.29, 0.717) is 12.2 Å². The van der Waals surface area contributed by atoms with Gasteiger partial charge in [-0.05, 0) is 6.92 Å². The van der Waals surface area contributed by atoms with Crippen molar-refractivity contribution in [1.82, 2.24) is 15.0 Å². The predicted octanol–water partition coefficient (Wildman–Crippen LogP) is 0.702. The zero-order chi connectivity index (χ0) is 13.9. The summed E-state index contributed by atoms with van der Waals surface area (Å²) >= 11 is 0. The molecule has 0 aromatic carbocycles. The molecule has 0 spiro atoms. The van der Waals surface area contributed by atoms with Gasteiger partial charge in [-0.25, -0.2) is 9.48 Å². The highest BCUT2D eigenvalue weighted by Gasteiger charge is 2.27. The third-order valence-electron chi connectivity index (χ3n) is 2.72. The molecular formula is C11H19N3O4. The van der Waals surface area contributed by atoms with Gasteiger partial charge in [-0.2, -0.15) is 0 Å². The number of carbonyl (C=O) groups is 1. The van der Waals surface area contributed by atoms with E-state index in [4.69, 9.17) is 9.84 Å². The van der Waals surface area contributed by atoms with Crippen LogP contribution in [0.25, 0.3) is 0 Å². The summed E-state index contributed by atoms with van der Waals surface area (Å²) < 4.78 is 6.63. The van der Waals surface area contributed by atoms with Crippen molar-refractivity contribution in [1.29, 1.82) is 0 Å². The van der Waals surface area contributed by atoms with Gasteiger partial charge >= 0.3 is 5.97 Å². The quantitative estimate of drug-likeness (QED) is 0.778. The number of ether oxygens (including phenoxy) is 1. The monoisotopic (exact) mass is 257 g/mol. The highest BCUT2D eigenvalue weighted by Crippen LogP contribution is 2.23. The summed E-state index contributed by atoms with van der Waals surface area (Å²) in [4.78, 5) is 11.1. The lowest BCUT2D eigenvalue weighted by atomic mass is 9.95. The van der Waals surface area contributed by atoms with Gasteiger partial charge in [0.05, 0.1) is 12.6 Å². The largest absolute Gasteiger partial charge is 0.476 e. The van der Waals surface area contributed by atoms with E-state index in [1.807, 2.05) is 13.8 Å². The van der Waals surface area contributed by atoms with Crippen molar-refractivity contribution < 1.29 is 19.7 Å². The maximum absolute atomic E-state index is 11.1. The van der Waals surface area contributed by atoms with Crippen LogP contribution >= 0.6 is 0 Å². The van der Waals surface area contributed by atoms with Gasteiger partial charge < -0.3 is 14.9 Å². The topological polar surface area (TPSA) is 97.5 Å². The van der Waals surface area contributed by atoms with E-state index in [-0.39, 0.29) is 12.3 Å². The van der Waals surface area contributed by atoms with Crippen LogP contribution in [0.4, 0.5) is 0 Å². The molecule has 0 bridgehead atoms. The van der Waals surface area contributed by atoms with Gasteiger partial charge in [0, 0.05) is 19.1 Å². The van der Waals surface area contributed by atoms with Gasteiger partial charge in [0.15, 0.2) is 5.69 Å². The van der Waals surface area contributed by atoms with E-state index in [0.717, 1.165) is 0 Å². The molecule has 7 heteroatoms. The molecule has 1 aromatic rings. The second-order valence-electron chi connectivity index (χ2n) is 4.99. The van der Waals surface area contributed by atoms with Crippen LogP contribution in [0.15, 0.2) is 0 Å². The minimum Gasteiger partial charge on any atom is -0.476 e. The molecule has 0 aliphatic rings. The lowest BCUT2D eigenvalue weighted by Gasteiger charge is -2.23. The Morgan fingerprint density at radius 3 is 2.61 bits per heavy atom. The first-order valence-electron chi connectivity index (χ1n) is 5.62. The maximum Gasteiger partial charge on any atom is 0.358 e. The Labute approximate surface area is 105 Å². The lowest BCUT2D eigenvalue weighted by Crippen LogP contribution is -2.26. The first-order chi connectivity index (χ1) is 8.32. The molecule has 0 aliphatic carbocycles. The average Bonchev–Trinajstić information content (AvgIpc) is 2.71. The Bertz CT molecular complexity index is 428. The smallest absolute Gasteiger partial charge is 0.358 e. The molecule has 0 radical (unpaired) electrons. The molecule has 1 heterocycles. The Kier molecular flexibility index (Phi) is 4.42. The number of aliphatic hydroxyl groups is 1. The summed E-state index contributed by atoms with van der Waals surface area (Å²) in [5, 5.41) is 25.8. The van der Waals surface area contributed by atoms with Gasteiger partial charge in [0.1, 0.15) is 5.69 Å². The molecule has 102 valence electrons. The zero-order valence-electron chi connectivity index (χ0n) is 11.0. The van der Waals surface area contributed by atoms with E-state index >= 15 is 0 Å². The fourth-order valence-corrected chi connectivity index (χ4v) is 1.56. The fraction of sp³-hybridized carbons (Fsp3) is 0.727. The number of hydrogen-bond acceptors (Lipinski definition) is 5. The Morgan fingerprint density at radius 2 is 2.17 bits per heavy atom. The van der Waals surface area contributed by atoms with Gasteiger partial charge in [-0.1, -0.05) is 19.1 Å². The summed E-state index contributed by atoms with van der Waals surface area (Å²) in [7, 11) is 1.49. The number of hydrogen-bond donors (Lipinski definition) is 2. The van der Waals surface area contributed by atoms with Crippen LogP contribution in [0.5, 0.6) is 0 Å². The summed E-state index contributed by atoms with van der Waals surface area (Å²) in [6.45, 7) is 5.78. The number of nitrogens with zero attached hydrogens (tertiary/aromatic N) is 3. The number of aliphatic hydroxyl groups excluding tert-OH is 1. The second-order valence-corrected chi connectivity index (χ2v) is 4.99. The molecule has 0 saturated heterocycles. The normalized spacial score (nSPS) is 13.6. The van der Waals surface area contributed by atoms with Crippen molar-refractivity contribution in [3.63, 3.8) is 0 Å². The second kappa shape index (κ2) is 5.45. The maximum atomic E-state index is 11.1. The Hall–Kier alpha value is -1.47. The van der Waals surface area contributed by atoms with E-state index < -0.39 is 17.5 Å². The minimum absolute atomic E-state index is 0.0317. The van der Waals surface area contributed by atoms with Crippen LogP contribution in [0.1, 0.15) is 43.1 Å². The van der Waals surface area contributed by atoms with Crippen molar-refractivity contribution in [3.8, 4) is 0 Å². The molecule has 0 aliphatic heterocycles. The number of aromatic nitrogens is 3. The highest BCUT2D eigenvalue weighted by molar-refractivity contribution is 5.86. The third kappa shape index (κ3) is 3.05. The van der Waals surface area contributed by atoms with Gasteiger partial charge in [0.2, 0.25) is 0 Å². The highest BCUT2D eigenvalue weighted by atomic mass is 16.5. The zero-order valence-corrected chi connectivity index (χ0v) is 11.0. The van der Waals surface area contributed by atoms with Gasteiger partial charge in [-0.3, -0.25) is 0 Å². The summed E-state index contributed by atoms with van der Waals surface area (Å²) in [6.07, 6.45) is -0.430. The fourth-order valence-electron chi connectivity index (χ4n) is 1.56. The van der Waals surface area contributed by atoms with E-state index in [9.17, 15) is 9.90 Å². The number of methoxy groups -OCH3 is 1. The van der Waals surface area contributed by atoms with Gasteiger partial charge in [0.25, 0.3) is 0 Å². The van der Waals surface area contributed by atoms with Crippen LogP contribution in [0, 0.1) is 5.41 Å². The lowest BCUT2D eigenvalue weighted by molar-refractivity contribution is 0.0670. The number of rotatable bonds is 6. The van der Waals surface area contributed by atoms with Crippen molar-refractivity contribution in [2.24, 2.45) is 5.41 Å². The molecule has 1 rings (SSSR count). The summed E-state index contributed by atoms with van der Waals surface area (Å²) in [5.74, 6) is -1.14. The molecular weight excluding hydrogens is 238 g/mol. The first kappa shape index (κ1) is 14.6. The van der Waals surface area contributed by atoms with Crippen LogP contribution in [0.3, 0.4) is 0 Å². The molecule has 18 heavy (non-hydrogen) atoms. The predicted molar refractivity (Wildman–Crippen MR) is 63.3 cm³/mol. The van der Waals surface area contributed by atoms with Crippen LogP contribution in [0.2, 0.25) is 0 Å². The Balaban J connectivity index is 3.16. The van der Waals surface area contributed by atoms with Crippen LogP contribution in [-0.2, 0) is 11.3 Å². The minimum atomic E-state index is -1.14. The summed E-state index contributed by atoms with van der Waals surface area (Å²) in [5.41, 5.74) is -0.115. The van der Waals surface area contributed by atoms with Crippen LogP contribution in [-0.4, -0.2) is 44.9 Å². The third-order valence-corrected chi connectivity index (χ3v) is 2.72.